The van der Waals surface area contributed by atoms with Crippen molar-refractivity contribution in [3.8, 4) is 0 Å². The quantitative estimate of drug-likeness (QED) is 0.862. The molecule has 0 radical (unpaired) electrons. The van der Waals surface area contributed by atoms with E-state index in [1.165, 1.54) is 4.31 Å². The molecule has 0 spiro atoms. The van der Waals surface area contributed by atoms with Gasteiger partial charge in [-0.1, -0.05) is 0 Å². The summed E-state index contributed by atoms with van der Waals surface area (Å²) in [5, 5.41) is 0. The highest BCUT2D eigenvalue weighted by Crippen LogP contribution is 2.29. The monoisotopic (exact) mass is 298 g/mol. The SMILES string of the molecule is Cc1cc(N)c(C)c(S(=O)(=O)N(C)C2CCOC2C)c1. The summed E-state index contributed by atoms with van der Waals surface area (Å²) >= 11 is 0. The Kier molecular flexibility index (Phi) is 4.09. The molecule has 112 valence electrons. The van der Waals surface area contributed by atoms with Crippen LogP contribution in [-0.2, 0) is 14.8 Å². The van der Waals surface area contributed by atoms with Gasteiger partial charge in [0.1, 0.15) is 0 Å². The molecule has 1 aliphatic rings. The van der Waals surface area contributed by atoms with Crippen LogP contribution in [0.15, 0.2) is 17.0 Å². The molecule has 0 aromatic heterocycles. The fourth-order valence-electron chi connectivity index (χ4n) is 2.65. The second-order valence-corrected chi connectivity index (χ2v) is 7.40. The lowest BCUT2D eigenvalue weighted by Crippen LogP contribution is -2.41. The van der Waals surface area contributed by atoms with E-state index < -0.39 is 10.0 Å². The molecular weight excluding hydrogens is 276 g/mol. The first kappa shape index (κ1) is 15.3. The van der Waals surface area contributed by atoms with Gasteiger partial charge in [0.15, 0.2) is 0 Å². The van der Waals surface area contributed by atoms with Crippen molar-refractivity contribution in [3.63, 3.8) is 0 Å². The van der Waals surface area contributed by atoms with E-state index >= 15 is 0 Å². The fourth-order valence-corrected chi connectivity index (χ4v) is 4.43. The molecule has 1 aliphatic heterocycles. The van der Waals surface area contributed by atoms with Gasteiger partial charge in [-0.2, -0.15) is 4.31 Å². The molecule has 2 atom stereocenters. The minimum absolute atomic E-state index is 0.0859. The summed E-state index contributed by atoms with van der Waals surface area (Å²) in [5.74, 6) is 0. The van der Waals surface area contributed by atoms with Crippen LogP contribution < -0.4 is 5.73 Å². The molecular formula is C14H22N2O3S. The Bertz CT molecular complexity index is 613. The lowest BCUT2D eigenvalue weighted by Gasteiger charge is -2.27. The molecule has 1 aromatic rings. The highest BCUT2D eigenvalue weighted by Gasteiger charge is 2.36. The van der Waals surface area contributed by atoms with E-state index in [4.69, 9.17) is 10.5 Å². The number of hydrogen-bond donors (Lipinski definition) is 1. The molecule has 0 saturated carbocycles. The fraction of sp³-hybridized carbons (Fsp3) is 0.571. The van der Waals surface area contributed by atoms with Gasteiger partial charge in [0, 0.05) is 19.3 Å². The lowest BCUT2D eigenvalue weighted by molar-refractivity contribution is 0.102. The van der Waals surface area contributed by atoms with E-state index in [2.05, 4.69) is 0 Å². The Morgan fingerprint density at radius 1 is 1.35 bits per heavy atom. The highest BCUT2D eigenvalue weighted by atomic mass is 32.2. The first-order valence-electron chi connectivity index (χ1n) is 6.71. The van der Waals surface area contributed by atoms with Gasteiger partial charge in [-0.25, -0.2) is 8.42 Å². The number of nitrogen functional groups attached to an aromatic ring is 1. The summed E-state index contributed by atoms with van der Waals surface area (Å²) in [4.78, 5) is 0.289. The lowest BCUT2D eigenvalue weighted by atomic mass is 10.1. The van der Waals surface area contributed by atoms with Crippen LogP contribution >= 0.6 is 0 Å². The van der Waals surface area contributed by atoms with Crippen molar-refractivity contribution in [2.45, 2.75) is 44.2 Å². The van der Waals surface area contributed by atoms with Crippen molar-refractivity contribution in [1.29, 1.82) is 0 Å². The first-order valence-corrected chi connectivity index (χ1v) is 8.15. The average Bonchev–Trinajstić information content (AvgIpc) is 2.78. The summed E-state index contributed by atoms with van der Waals surface area (Å²) in [6.07, 6.45) is 0.634. The Hall–Kier alpha value is -1.11. The molecule has 2 N–H and O–H groups in total. The van der Waals surface area contributed by atoms with Crippen molar-refractivity contribution in [2.24, 2.45) is 0 Å². The van der Waals surface area contributed by atoms with Crippen LogP contribution in [0.2, 0.25) is 0 Å². The molecule has 2 unspecified atom stereocenters. The number of likely N-dealkylation sites (N-methyl/N-ethyl adjacent to an activating group) is 1. The van der Waals surface area contributed by atoms with Gasteiger partial charge in [0.2, 0.25) is 10.0 Å². The van der Waals surface area contributed by atoms with E-state index in [9.17, 15) is 8.42 Å². The maximum Gasteiger partial charge on any atom is 0.243 e. The minimum atomic E-state index is -3.56. The van der Waals surface area contributed by atoms with Gasteiger partial charge in [0.25, 0.3) is 0 Å². The second-order valence-electron chi connectivity index (χ2n) is 5.43. The third kappa shape index (κ3) is 2.55. The number of aryl methyl sites for hydroxylation is 1. The molecule has 1 fully saturated rings. The van der Waals surface area contributed by atoms with Gasteiger partial charge in [-0.3, -0.25) is 0 Å². The summed E-state index contributed by atoms with van der Waals surface area (Å²) in [6, 6.07) is 3.34. The average molecular weight is 298 g/mol. The van der Waals surface area contributed by atoms with Gasteiger partial charge in [-0.05, 0) is 50.5 Å². The summed E-state index contributed by atoms with van der Waals surface area (Å²) in [5.41, 5.74) is 7.85. The third-order valence-corrected chi connectivity index (χ3v) is 6.01. The molecule has 5 nitrogen and oxygen atoms in total. The Labute approximate surface area is 120 Å². The Morgan fingerprint density at radius 2 is 2.00 bits per heavy atom. The van der Waals surface area contributed by atoms with Gasteiger partial charge in [0.05, 0.1) is 17.0 Å². The van der Waals surface area contributed by atoms with E-state index in [0.717, 1.165) is 12.0 Å². The van der Waals surface area contributed by atoms with Crippen molar-refractivity contribution in [3.05, 3.63) is 23.3 Å². The van der Waals surface area contributed by atoms with Crippen molar-refractivity contribution < 1.29 is 13.2 Å². The van der Waals surface area contributed by atoms with Gasteiger partial charge in [-0.15, -0.1) is 0 Å². The van der Waals surface area contributed by atoms with E-state index in [1.807, 2.05) is 13.8 Å². The smallest absolute Gasteiger partial charge is 0.243 e. The molecule has 0 aliphatic carbocycles. The van der Waals surface area contributed by atoms with Gasteiger partial charge >= 0.3 is 0 Å². The van der Waals surface area contributed by atoms with Crippen molar-refractivity contribution in [1.82, 2.24) is 4.31 Å². The Balaban J connectivity index is 2.45. The van der Waals surface area contributed by atoms with E-state index in [1.54, 1.807) is 26.1 Å². The zero-order valence-corrected chi connectivity index (χ0v) is 13.2. The topological polar surface area (TPSA) is 72.6 Å². The molecule has 0 amide bonds. The molecule has 1 aromatic carbocycles. The van der Waals surface area contributed by atoms with Crippen LogP contribution in [0.4, 0.5) is 5.69 Å². The zero-order chi connectivity index (χ0) is 15.1. The Morgan fingerprint density at radius 3 is 2.55 bits per heavy atom. The predicted molar refractivity (Wildman–Crippen MR) is 79.1 cm³/mol. The molecule has 2 rings (SSSR count). The largest absolute Gasteiger partial charge is 0.398 e. The second kappa shape index (κ2) is 5.35. The normalized spacial score (nSPS) is 23.4. The third-order valence-electron chi connectivity index (χ3n) is 4.00. The number of benzene rings is 1. The van der Waals surface area contributed by atoms with Gasteiger partial charge < -0.3 is 10.5 Å². The van der Waals surface area contributed by atoms with E-state index in [-0.39, 0.29) is 17.0 Å². The number of nitrogens with zero attached hydrogens (tertiary/aromatic N) is 1. The van der Waals surface area contributed by atoms with Crippen LogP contribution in [-0.4, -0.2) is 38.5 Å². The van der Waals surface area contributed by atoms with Crippen LogP contribution in [0.3, 0.4) is 0 Å². The van der Waals surface area contributed by atoms with Crippen LogP contribution in [0.1, 0.15) is 24.5 Å². The molecule has 0 bridgehead atoms. The number of nitrogens with two attached hydrogens (primary N) is 1. The number of hydrogen-bond acceptors (Lipinski definition) is 4. The predicted octanol–water partition coefficient (Wildman–Crippen LogP) is 1.68. The molecule has 6 heteroatoms. The summed E-state index contributed by atoms with van der Waals surface area (Å²) in [6.45, 7) is 6.09. The van der Waals surface area contributed by atoms with Crippen molar-refractivity contribution >= 4 is 15.7 Å². The maximum absolute atomic E-state index is 12.8. The standard InChI is InChI=1S/C14H22N2O3S/c1-9-7-12(15)10(2)14(8-9)20(17,18)16(4)13-5-6-19-11(13)3/h7-8,11,13H,5-6,15H2,1-4H3. The van der Waals surface area contributed by atoms with Crippen LogP contribution in [0.5, 0.6) is 0 Å². The number of sulfonamides is 1. The number of anilines is 1. The first-order chi connectivity index (χ1) is 9.25. The molecule has 1 saturated heterocycles. The number of rotatable bonds is 3. The van der Waals surface area contributed by atoms with Crippen molar-refractivity contribution in [2.75, 3.05) is 19.4 Å². The van der Waals surface area contributed by atoms with E-state index in [0.29, 0.717) is 17.9 Å². The number of ether oxygens (including phenoxy) is 1. The maximum atomic E-state index is 12.8. The minimum Gasteiger partial charge on any atom is -0.398 e. The summed E-state index contributed by atoms with van der Waals surface area (Å²) in [7, 11) is -1.94. The molecule has 1 heterocycles. The van der Waals surface area contributed by atoms with Crippen LogP contribution in [0.25, 0.3) is 0 Å². The molecule has 20 heavy (non-hydrogen) atoms. The van der Waals surface area contributed by atoms with Crippen LogP contribution in [0, 0.1) is 13.8 Å². The highest BCUT2D eigenvalue weighted by molar-refractivity contribution is 7.89. The summed E-state index contributed by atoms with van der Waals surface area (Å²) < 4.78 is 32.5. The zero-order valence-electron chi connectivity index (χ0n) is 12.4.